The lowest BCUT2D eigenvalue weighted by molar-refractivity contribution is 0.0467. The van der Waals surface area contributed by atoms with E-state index >= 15 is 0 Å². The number of hydrogen-bond acceptors (Lipinski definition) is 5. The second-order valence-electron chi connectivity index (χ2n) is 6.26. The number of likely N-dealkylation sites (tertiary alicyclic amines) is 1. The maximum Gasteiger partial charge on any atom is 0.318 e. The van der Waals surface area contributed by atoms with Crippen molar-refractivity contribution < 1.29 is 31.8 Å². The summed E-state index contributed by atoms with van der Waals surface area (Å²) in [6, 6.07) is 2.43. The molecule has 0 aliphatic carbocycles. The van der Waals surface area contributed by atoms with Gasteiger partial charge in [-0.25, -0.2) is 32.3 Å². The number of rotatable bonds is 3. The van der Waals surface area contributed by atoms with Crippen LogP contribution in [0.15, 0.2) is 24.4 Å². The maximum atomic E-state index is 13.8. The molecule has 0 spiro atoms. The second kappa shape index (κ2) is 7.13. The normalized spacial score (nSPS) is 20.2. The molecule has 1 saturated heterocycles. The molecule has 2 atom stereocenters. The largest absolute Gasteiger partial charge is 0.478 e. The molecule has 3 heterocycles. The number of fused-ring (bicyclic) bond motifs is 2. The van der Waals surface area contributed by atoms with Crippen molar-refractivity contribution in [2.24, 2.45) is 0 Å². The Hall–Kier alpha value is -3.11. The Balaban J connectivity index is 1.39. The van der Waals surface area contributed by atoms with Crippen LogP contribution in [0, 0.1) is 11.6 Å². The van der Waals surface area contributed by atoms with Crippen LogP contribution < -0.4 is 14.8 Å². The van der Waals surface area contributed by atoms with Gasteiger partial charge in [0.2, 0.25) is 11.5 Å². The van der Waals surface area contributed by atoms with E-state index in [2.05, 4.69) is 15.3 Å². The first-order chi connectivity index (χ1) is 13.4. The van der Waals surface area contributed by atoms with Crippen LogP contribution in [-0.4, -0.2) is 46.2 Å². The number of benzene rings is 1. The SMILES string of the molecule is O=C(NCc1nccc(C(F)F)n1)N1C[C@@H]2Oc3c(F)ccc(F)c3O[C@@H]2C1. The fraction of sp³-hybridized carbons (Fsp3) is 0.353. The summed E-state index contributed by atoms with van der Waals surface area (Å²) in [4.78, 5) is 21.2. The van der Waals surface area contributed by atoms with Crippen molar-refractivity contribution in [1.82, 2.24) is 20.2 Å². The maximum absolute atomic E-state index is 13.8. The van der Waals surface area contributed by atoms with Gasteiger partial charge in [0.1, 0.15) is 11.5 Å². The van der Waals surface area contributed by atoms with Gasteiger partial charge in [-0.15, -0.1) is 0 Å². The van der Waals surface area contributed by atoms with Crippen molar-refractivity contribution in [2.45, 2.75) is 25.2 Å². The number of nitrogens with one attached hydrogen (secondary N) is 1. The van der Waals surface area contributed by atoms with Crippen LogP contribution in [0.1, 0.15) is 17.9 Å². The number of halogens is 4. The van der Waals surface area contributed by atoms with Crippen molar-refractivity contribution in [3.05, 3.63) is 47.5 Å². The lowest BCUT2D eigenvalue weighted by Gasteiger charge is -2.28. The number of carbonyl (C=O) groups is 1. The molecule has 4 rings (SSSR count). The third kappa shape index (κ3) is 3.39. The van der Waals surface area contributed by atoms with E-state index in [1.54, 1.807) is 0 Å². The second-order valence-corrected chi connectivity index (χ2v) is 6.26. The number of hydrogen-bond donors (Lipinski definition) is 1. The van der Waals surface area contributed by atoms with Gasteiger partial charge in [-0.1, -0.05) is 0 Å². The van der Waals surface area contributed by atoms with Gasteiger partial charge in [-0.2, -0.15) is 0 Å². The minimum absolute atomic E-state index is 0.0341. The van der Waals surface area contributed by atoms with E-state index in [9.17, 15) is 22.4 Å². The lowest BCUT2D eigenvalue weighted by atomic mass is 10.2. The van der Waals surface area contributed by atoms with Crippen LogP contribution in [-0.2, 0) is 6.54 Å². The van der Waals surface area contributed by atoms with E-state index in [0.29, 0.717) is 0 Å². The molecule has 1 aromatic heterocycles. The predicted molar refractivity (Wildman–Crippen MR) is 86.0 cm³/mol. The predicted octanol–water partition coefficient (Wildman–Crippen LogP) is 2.43. The molecule has 28 heavy (non-hydrogen) atoms. The summed E-state index contributed by atoms with van der Waals surface area (Å²) in [5, 5.41) is 2.52. The molecule has 11 heteroatoms. The first-order valence-electron chi connectivity index (χ1n) is 8.36. The molecule has 0 saturated carbocycles. The third-order valence-corrected chi connectivity index (χ3v) is 4.41. The van der Waals surface area contributed by atoms with Gasteiger partial charge in [0.15, 0.2) is 23.8 Å². The topological polar surface area (TPSA) is 76.6 Å². The fourth-order valence-electron chi connectivity index (χ4n) is 3.06. The Morgan fingerprint density at radius 2 is 1.75 bits per heavy atom. The van der Waals surface area contributed by atoms with Crippen molar-refractivity contribution in [3.63, 3.8) is 0 Å². The molecule has 0 unspecified atom stereocenters. The summed E-state index contributed by atoms with van der Waals surface area (Å²) < 4.78 is 64.0. The van der Waals surface area contributed by atoms with Crippen LogP contribution >= 0.6 is 0 Å². The molecule has 2 amide bonds. The molecule has 0 bridgehead atoms. The van der Waals surface area contributed by atoms with Crippen molar-refractivity contribution in [2.75, 3.05) is 13.1 Å². The van der Waals surface area contributed by atoms with Crippen LogP contribution in [0.3, 0.4) is 0 Å². The summed E-state index contributed by atoms with van der Waals surface area (Å²) in [6.45, 7) is 0.0179. The van der Waals surface area contributed by atoms with Gasteiger partial charge in [-0.3, -0.25) is 0 Å². The molecule has 0 radical (unpaired) electrons. The van der Waals surface area contributed by atoms with E-state index in [4.69, 9.17) is 9.47 Å². The van der Waals surface area contributed by atoms with E-state index in [1.165, 1.54) is 11.1 Å². The molecule has 2 aromatic rings. The van der Waals surface area contributed by atoms with Gasteiger partial charge >= 0.3 is 6.03 Å². The average molecular weight is 398 g/mol. The number of nitrogens with zero attached hydrogens (tertiary/aromatic N) is 3. The number of ether oxygens (including phenoxy) is 2. The summed E-state index contributed by atoms with van der Waals surface area (Å²) >= 11 is 0. The molecular formula is C17H14F4N4O3. The molecule has 2 aliphatic heterocycles. The molecule has 1 fully saturated rings. The van der Waals surface area contributed by atoms with Crippen LogP contribution in [0.4, 0.5) is 22.4 Å². The number of aromatic nitrogens is 2. The highest BCUT2D eigenvalue weighted by atomic mass is 19.3. The Kier molecular flexibility index (Phi) is 4.65. The third-order valence-electron chi connectivity index (χ3n) is 4.41. The standard InChI is InChI=1S/C17H14F4N4O3/c18-8-1-2-9(19)15-14(8)27-11-6-25(7-12(11)28-15)17(26)23-5-13-22-4-3-10(24-13)16(20)21/h1-4,11-12,16H,5-7H2,(H,23,26)/t11-,12+. The summed E-state index contributed by atoms with van der Waals surface area (Å²) in [7, 11) is 0. The molecular weight excluding hydrogens is 384 g/mol. The Morgan fingerprint density at radius 3 is 2.32 bits per heavy atom. The van der Waals surface area contributed by atoms with Gasteiger partial charge in [0.05, 0.1) is 19.6 Å². The van der Waals surface area contributed by atoms with Gasteiger partial charge in [0.25, 0.3) is 6.43 Å². The van der Waals surface area contributed by atoms with Crippen molar-refractivity contribution in [1.29, 1.82) is 0 Å². The number of alkyl halides is 2. The number of urea groups is 1. The number of carbonyl (C=O) groups excluding carboxylic acids is 1. The molecule has 2 aliphatic rings. The van der Waals surface area contributed by atoms with E-state index in [-0.39, 0.29) is 37.0 Å². The molecule has 148 valence electrons. The van der Waals surface area contributed by atoms with Crippen LogP contribution in [0.2, 0.25) is 0 Å². The minimum atomic E-state index is -2.74. The Labute approximate surface area is 156 Å². The molecule has 1 N–H and O–H groups in total. The van der Waals surface area contributed by atoms with Gasteiger partial charge < -0.3 is 19.7 Å². The van der Waals surface area contributed by atoms with E-state index < -0.39 is 42.0 Å². The minimum Gasteiger partial charge on any atom is -0.478 e. The average Bonchev–Trinajstić information content (AvgIpc) is 3.11. The van der Waals surface area contributed by atoms with Gasteiger partial charge in [0, 0.05) is 6.20 Å². The Morgan fingerprint density at radius 1 is 1.14 bits per heavy atom. The first kappa shape index (κ1) is 18.3. The van der Waals surface area contributed by atoms with E-state index in [0.717, 1.165) is 18.2 Å². The van der Waals surface area contributed by atoms with Crippen molar-refractivity contribution in [3.8, 4) is 11.5 Å². The zero-order valence-corrected chi connectivity index (χ0v) is 14.2. The molecule has 1 aromatic carbocycles. The number of amides is 2. The fourth-order valence-corrected chi connectivity index (χ4v) is 3.06. The highest BCUT2D eigenvalue weighted by Gasteiger charge is 2.43. The summed E-state index contributed by atoms with van der Waals surface area (Å²) in [5.74, 6) is -2.11. The zero-order chi connectivity index (χ0) is 19.8. The highest BCUT2D eigenvalue weighted by Crippen LogP contribution is 2.40. The summed E-state index contributed by atoms with van der Waals surface area (Å²) in [5.41, 5.74) is -0.435. The smallest absolute Gasteiger partial charge is 0.318 e. The quantitative estimate of drug-likeness (QED) is 0.804. The van der Waals surface area contributed by atoms with Crippen LogP contribution in [0.5, 0.6) is 11.5 Å². The zero-order valence-electron chi connectivity index (χ0n) is 14.2. The monoisotopic (exact) mass is 398 g/mol. The molecule has 7 nitrogen and oxygen atoms in total. The highest BCUT2D eigenvalue weighted by molar-refractivity contribution is 5.74. The Bertz CT molecular complexity index is 875. The van der Waals surface area contributed by atoms with E-state index in [1.807, 2.05) is 0 Å². The van der Waals surface area contributed by atoms with Crippen molar-refractivity contribution >= 4 is 6.03 Å². The summed E-state index contributed by atoms with van der Waals surface area (Å²) in [6.07, 6.45) is -2.88. The van der Waals surface area contributed by atoms with Crippen LogP contribution in [0.25, 0.3) is 0 Å². The van der Waals surface area contributed by atoms with Gasteiger partial charge in [-0.05, 0) is 18.2 Å². The first-order valence-corrected chi connectivity index (χ1v) is 8.36. The lowest BCUT2D eigenvalue weighted by Crippen LogP contribution is -2.39.